The van der Waals surface area contributed by atoms with Gasteiger partial charge in [0.2, 0.25) is 0 Å². The summed E-state index contributed by atoms with van der Waals surface area (Å²) in [7, 11) is 0. The van der Waals surface area contributed by atoms with Gasteiger partial charge in [-0.15, -0.1) is 0 Å². The minimum atomic E-state index is -0.542. The van der Waals surface area contributed by atoms with Crippen LogP contribution in [0.15, 0.2) is 12.3 Å². The minimum Gasteiger partial charge on any atom is -0.338 e. The number of hydrogen-bond donors (Lipinski definition) is 0. The lowest BCUT2D eigenvalue weighted by Gasteiger charge is -2.16. The van der Waals surface area contributed by atoms with Crippen molar-refractivity contribution in [2.75, 3.05) is 13.1 Å². The maximum Gasteiger partial charge on any atom is 0.257 e. The summed E-state index contributed by atoms with van der Waals surface area (Å²) in [6, 6.07) is 1.14. The molecule has 0 bridgehead atoms. The molecule has 1 aliphatic rings. The van der Waals surface area contributed by atoms with E-state index < -0.39 is 5.82 Å². The van der Waals surface area contributed by atoms with Gasteiger partial charge in [-0.25, -0.2) is 9.37 Å². The fourth-order valence-electron chi connectivity index (χ4n) is 1.86. The smallest absolute Gasteiger partial charge is 0.257 e. The summed E-state index contributed by atoms with van der Waals surface area (Å²) in [6.45, 7) is 3.48. The lowest BCUT2D eigenvalue weighted by Crippen LogP contribution is -2.28. The van der Waals surface area contributed by atoms with Crippen molar-refractivity contribution in [2.45, 2.75) is 13.3 Å². The molecule has 2 heterocycles. The van der Waals surface area contributed by atoms with Gasteiger partial charge >= 0.3 is 0 Å². The summed E-state index contributed by atoms with van der Waals surface area (Å²) in [5.74, 6) is -0.286. The van der Waals surface area contributed by atoms with E-state index >= 15 is 0 Å². The lowest BCUT2D eigenvalue weighted by molar-refractivity contribution is 0.0787. The summed E-state index contributed by atoms with van der Waals surface area (Å²) >= 11 is 5.78. The molecule has 0 spiro atoms. The van der Waals surface area contributed by atoms with Crippen molar-refractivity contribution in [3.63, 3.8) is 0 Å². The topological polar surface area (TPSA) is 33.2 Å². The number of halogens is 2. The Kier molecular flexibility index (Phi) is 3.10. The molecule has 1 fully saturated rings. The Bertz CT molecular complexity index is 424. The fourth-order valence-corrected chi connectivity index (χ4v) is 2.05. The van der Waals surface area contributed by atoms with Crippen LogP contribution in [0.5, 0.6) is 0 Å². The number of hydrogen-bond acceptors (Lipinski definition) is 2. The molecule has 3 nitrogen and oxygen atoms in total. The first-order chi connectivity index (χ1) is 7.58. The number of nitrogens with zero attached hydrogens (tertiary/aromatic N) is 2. The van der Waals surface area contributed by atoms with Crippen LogP contribution < -0.4 is 0 Å². The highest BCUT2D eigenvalue weighted by atomic mass is 35.5. The molecule has 1 saturated heterocycles. The first-order valence-electron chi connectivity index (χ1n) is 5.18. The molecule has 1 atom stereocenters. The molecule has 0 saturated carbocycles. The van der Waals surface area contributed by atoms with E-state index in [1.807, 2.05) is 0 Å². The first-order valence-corrected chi connectivity index (χ1v) is 5.56. The average molecular weight is 243 g/mol. The molecule has 5 heteroatoms. The van der Waals surface area contributed by atoms with E-state index in [4.69, 9.17) is 11.6 Å². The van der Waals surface area contributed by atoms with Crippen LogP contribution >= 0.6 is 11.6 Å². The van der Waals surface area contributed by atoms with Gasteiger partial charge in [-0.3, -0.25) is 4.79 Å². The summed E-state index contributed by atoms with van der Waals surface area (Å²) < 4.78 is 13.0. The van der Waals surface area contributed by atoms with Crippen LogP contribution in [0.1, 0.15) is 23.7 Å². The number of likely N-dealkylation sites (tertiary alicyclic amines) is 1. The molecule has 0 aromatic carbocycles. The van der Waals surface area contributed by atoms with Crippen molar-refractivity contribution < 1.29 is 9.18 Å². The Morgan fingerprint density at radius 1 is 1.69 bits per heavy atom. The summed E-state index contributed by atoms with van der Waals surface area (Å²) in [5, 5.41) is 0.0611. The van der Waals surface area contributed by atoms with E-state index in [1.54, 1.807) is 4.90 Å². The van der Waals surface area contributed by atoms with Gasteiger partial charge in [0, 0.05) is 13.1 Å². The van der Waals surface area contributed by atoms with E-state index in [-0.39, 0.29) is 16.6 Å². The quantitative estimate of drug-likeness (QED) is 0.709. The maximum atomic E-state index is 13.0. The number of carbonyl (C=O) groups excluding carboxylic acids is 1. The molecule has 0 N–H and O–H groups in total. The molecule has 0 radical (unpaired) electrons. The Balaban J connectivity index is 2.23. The molecule has 1 amide bonds. The summed E-state index contributed by atoms with van der Waals surface area (Å²) in [5.41, 5.74) is 0.149. The summed E-state index contributed by atoms with van der Waals surface area (Å²) in [4.78, 5) is 17.3. The molecule has 16 heavy (non-hydrogen) atoms. The van der Waals surface area contributed by atoms with Crippen molar-refractivity contribution in [1.29, 1.82) is 0 Å². The molecule has 86 valence electrons. The monoisotopic (exact) mass is 242 g/mol. The van der Waals surface area contributed by atoms with Gasteiger partial charge in [-0.2, -0.15) is 0 Å². The number of carbonyl (C=O) groups is 1. The Hall–Kier alpha value is -1.16. The zero-order valence-corrected chi connectivity index (χ0v) is 9.67. The van der Waals surface area contributed by atoms with Gasteiger partial charge in [0.1, 0.15) is 11.0 Å². The predicted octanol–water partition coefficient (Wildman–Crippen LogP) is 2.36. The van der Waals surface area contributed by atoms with Crippen molar-refractivity contribution in [1.82, 2.24) is 9.88 Å². The van der Waals surface area contributed by atoms with Crippen LogP contribution in [0.4, 0.5) is 4.39 Å². The molecule has 2 rings (SSSR count). The number of aromatic nitrogens is 1. The zero-order chi connectivity index (χ0) is 11.7. The molecule has 1 aromatic heterocycles. The van der Waals surface area contributed by atoms with Gasteiger partial charge in [-0.1, -0.05) is 18.5 Å². The SMILES string of the molecule is CC1CCN(C(=O)c2cc(F)cnc2Cl)C1. The first kappa shape index (κ1) is 11.3. The Morgan fingerprint density at radius 2 is 2.44 bits per heavy atom. The van der Waals surface area contributed by atoms with Gasteiger partial charge in [0.05, 0.1) is 11.8 Å². The van der Waals surface area contributed by atoms with E-state index in [9.17, 15) is 9.18 Å². The average Bonchev–Trinajstić information content (AvgIpc) is 2.67. The number of amides is 1. The number of rotatable bonds is 1. The molecule has 0 aliphatic carbocycles. The molecular formula is C11H12ClFN2O. The van der Waals surface area contributed by atoms with Crippen molar-refractivity contribution in [3.8, 4) is 0 Å². The highest BCUT2D eigenvalue weighted by Gasteiger charge is 2.26. The normalized spacial score (nSPS) is 20.2. The van der Waals surface area contributed by atoms with Gasteiger partial charge in [0.15, 0.2) is 0 Å². The molecule has 1 aromatic rings. The third-order valence-electron chi connectivity index (χ3n) is 2.75. The van der Waals surface area contributed by atoms with Crippen LogP contribution in [-0.2, 0) is 0 Å². The third kappa shape index (κ3) is 2.16. The lowest BCUT2D eigenvalue weighted by atomic mass is 10.2. The second-order valence-corrected chi connectivity index (χ2v) is 4.49. The van der Waals surface area contributed by atoms with E-state index in [0.717, 1.165) is 18.7 Å². The molecule has 1 unspecified atom stereocenters. The highest BCUT2D eigenvalue weighted by molar-refractivity contribution is 6.32. The second kappa shape index (κ2) is 4.37. The van der Waals surface area contributed by atoms with Crippen molar-refractivity contribution >= 4 is 17.5 Å². The van der Waals surface area contributed by atoms with Crippen molar-refractivity contribution in [3.05, 3.63) is 28.8 Å². The number of pyridine rings is 1. The van der Waals surface area contributed by atoms with Gasteiger partial charge in [-0.05, 0) is 18.4 Å². The standard InChI is InChI=1S/C11H12ClFN2O/c1-7-2-3-15(6-7)11(16)9-4-8(13)5-14-10(9)12/h4-5,7H,2-3,6H2,1H3. The third-order valence-corrected chi connectivity index (χ3v) is 3.05. The van der Waals surface area contributed by atoms with E-state index in [0.29, 0.717) is 19.0 Å². The highest BCUT2D eigenvalue weighted by Crippen LogP contribution is 2.21. The van der Waals surface area contributed by atoms with Gasteiger partial charge in [0.25, 0.3) is 5.91 Å². The predicted molar refractivity (Wildman–Crippen MR) is 58.9 cm³/mol. The van der Waals surface area contributed by atoms with Crippen LogP contribution in [0, 0.1) is 11.7 Å². The zero-order valence-electron chi connectivity index (χ0n) is 8.91. The summed E-state index contributed by atoms with van der Waals surface area (Å²) in [6.07, 6.45) is 1.98. The van der Waals surface area contributed by atoms with Crippen LogP contribution in [0.3, 0.4) is 0 Å². The molecular weight excluding hydrogens is 231 g/mol. The van der Waals surface area contributed by atoms with Crippen molar-refractivity contribution in [2.24, 2.45) is 5.92 Å². The van der Waals surface area contributed by atoms with Crippen LogP contribution in [0.2, 0.25) is 5.15 Å². The van der Waals surface area contributed by atoms with Crippen LogP contribution in [0.25, 0.3) is 0 Å². The van der Waals surface area contributed by atoms with E-state index in [1.165, 1.54) is 0 Å². The van der Waals surface area contributed by atoms with Gasteiger partial charge < -0.3 is 4.90 Å². The largest absolute Gasteiger partial charge is 0.338 e. The van der Waals surface area contributed by atoms with Crippen LogP contribution in [-0.4, -0.2) is 28.9 Å². The maximum absolute atomic E-state index is 13.0. The Morgan fingerprint density at radius 3 is 3.06 bits per heavy atom. The fraction of sp³-hybridized carbons (Fsp3) is 0.455. The minimum absolute atomic E-state index is 0.0611. The van der Waals surface area contributed by atoms with E-state index in [2.05, 4.69) is 11.9 Å². The Labute approximate surface area is 98.2 Å². The second-order valence-electron chi connectivity index (χ2n) is 4.14. The molecule has 1 aliphatic heterocycles.